The van der Waals surface area contributed by atoms with Gasteiger partial charge >= 0.3 is 0 Å². The molecule has 0 aromatic heterocycles. The minimum absolute atomic E-state index is 0.207. The average molecular weight is 353 g/mol. The van der Waals surface area contributed by atoms with E-state index in [-0.39, 0.29) is 11.8 Å². The lowest BCUT2D eigenvalue weighted by Gasteiger charge is -2.25. The Bertz CT molecular complexity index is 588. The van der Waals surface area contributed by atoms with E-state index >= 15 is 0 Å². The van der Waals surface area contributed by atoms with E-state index in [1.54, 1.807) is 0 Å². The predicted molar refractivity (Wildman–Crippen MR) is 107 cm³/mol. The molecule has 0 spiro atoms. The Kier molecular flexibility index (Phi) is 7.51. The maximum atomic E-state index is 12.6. The molecule has 2 N–H and O–H groups in total. The van der Waals surface area contributed by atoms with E-state index in [1.807, 2.05) is 6.07 Å². The predicted octanol–water partition coefficient (Wildman–Crippen LogP) is 4.34. The number of amides is 1. The van der Waals surface area contributed by atoms with Crippen molar-refractivity contribution < 1.29 is 4.79 Å². The van der Waals surface area contributed by atoms with Crippen LogP contribution in [0.1, 0.15) is 56.4 Å². The highest BCUT2D eigenvalue weighted by molar-refractivity contribution is 5.79. The van der Waals surface area contributed by atoms with Crippen molar-refractivity contribution in [2.24, 2.45) is 5.92 Å². The fourth-order valence-electron chi connectivity index (χ4n) is 4.18. The first kappa shape index (κ1) is 18.9. The summed E-state index contributed by atoms with van der Waals surface area (Å²) in [7, 11) is 0. The first-order chi connectivity index (χ1) is 12.8. The molecule has 1 saturated carbocycles. The molecule has 2 fully saturated rings. The number of hydrogen-bond acceptors (Lipinski definition) is 2. The van der Waals surface area contributed by atoms with E-state index in [2.05, 4.69) is 59.2 Å². The first-order valence-corrected chi connectivity index (χ1v) is 10.2. The molecule has 1 heterocycles. The standard InChI is InChI=1S/C23H32N2O/c26-23(25-22-16-17-24-18-22)21-14-8-12-20(13-9-15-21)19-10-6-4-2-1-3-5-7-11-19/h1-7,10-11,20-22,24H,8-9,12-18H2,(H,25,26)/t20?,21?,22-/m1/s1. The Morgan fingerprint density at radius 1 is 0.846 bits per heavy atom. The summed E-state index contributed by atoms with van der Waals surface area (Å²) in [6, 6.07) is 19.5. The van der Waals surface area contributed by atoms with Crippen molar-refractivity contribution in [3.8, 4) is 0 Å². The average Bonchev–Trinajstić information content (AvgIpc) is 3.12. The molecular weight excluding hydrogens is 320 g/mol. The molecule has 1 aliphatic heterocycles. The lowest BCUT2D eigenvalue weighted by atomic mass is 9.82. The van der Waals surface area contributed by atoms with Crippen LogP contribution in [0, 0.1) is 5.92 Å². The smallest absolute Gasteiger partial charge is 0.223 e. The van der Waals surface area contributed by atoms with Crippen molar-refractivity contribution in [1.82, 2.24) is 10.6 Å². The Morgan fingerprint density at radius 3 is 2.04 bits per heavy atom. The van der Waals surface area contributed by atoms with E-state index in [4.69, 9.17) is 0 Å². The second kappa shape index (κ2) is 10.3. The number of hydrogen-bond donors (Lipinski definition) is 2. The molecular formula is C23H32N2O. The van der Waals surface area contributed by atoms with Gasteiger partial charge in [-0.05, 0) is 50.1 Å². The third-order valence-corrected chi connectivity index (χ3v) is 5.70. The van der Waals surface area contributed by atoms with Crippen molar-refractivity contribution in [3.63, 3.8) is 0 Å². The van der Waals surface area contributed by atoms with Crippen LogP contribution >= 0.6 is 0 Å². The minimum Gasteiger partial charge on any atom is -0.352 e. The third kappa shape index (κ3) is 5.84. The van der Waals surface area contributed by atoms with E-state index in [0.29, 0.717) is 12.0 Å². The molecule has 3 nitrogen and oxygen atoms in total. The molecule has 1 aromatic rings. The quantitative estimate of drug-likeness (QED) is 0.849. The molecule has 1 aromatic carbocycles. The summed E-state index contributed by atoms with van der Waals surface area (Å²) >= 11 is 0. The zero-order valence-electron chi connectivity index (χ0n) is 15.7. The Labute approximate surface area is 157 Å². The molecule has 1 amide bonds. The normalized spacial score (nSPS) is 26.2. The van der Waals surface area contributed by atoms with Crippen LogP contribution in [0.2, 0.25) is 0 Å². The van der Waals surface area contributed by atoms with Gasteiger partial charge in [0.05, 0.1) is 0 Å². The zero-order valence-corrected chi connectivity index (χ0v) is 15.7. The SMILES string of the molecule is O=C(N[C@@H]1CCNC1)C1CCCC(c2ccccccccc2)CCC1. The van der Waals surface area contributed by atoms with Crippen LogP contribution in [0.15, 0.2) is 54.6 Å². The van der Waals surface area contributed by atoms with E-state index in [1.165, 1.54) is 18.4 Å². The summed E-state index contributed by atoms with van der Waals surface area (Å²) in [6.45, 7) is 1.96. The first-order valence-electron chi connectivity index (χ1n) is 10.2. The van der Waals surface area contributed by atoms with Gasteiger partial charge in [-0.2, -0.15) is 0 Å². The van der Waals surface area contributed by atoms with Crippen LogP contribution in [-0.2, 0) is 4.79 Å². The summed E-state index contributed by atoms with van der Waals surface area (Å²) in [5.41, 5.74) is 1.42. The second-order valence-electron chi connectivity index (χ2n) is 7.63. The number of carbonyl (C=O) groups excluding carboxylic acids is 1. The monoisotopic (exact) mass is 352 g/mol. The summed E-state index contributed by atoms with van der Waals surface area (Å²) < 4.78 is 0. The van der Waals surface area contributed by atoms with E-state index in [9.17, 15) is 4.79 Å². The number of rotatable bonds is 3. The van der Waals surface area contributed by atoms with Crippen LogP contribution in [0.3, 0.4) is 0 Å². The van der Waals surface area contributed by atoms with Gasteiger partial charge in [0.2, 0.25) is 5.91 Å². The van der Waals surface area contributed by atoms with E-state index < -0.39 is 0 Å². The molecule has 1 saturated heterocycles. The van der Waals surface area contributed by atoms with Crippen molar-refractivity contribution in [2.45, 2.75) is 56.9 Å². The maximum Gasteiger partial charge on any atom is 0.223 e. The van der Waals surface area contributed by atoms with Crippen LogP contribution in [0.4, 0.5) is 0 Å². The minimum atomic E-state index is 0.207. The molecule has 0 bridgehead atoms. The maximum absolute atomic E-state index is 12.6. The largest absolute Gasteiger partial charge is 0.352 e. The molecule has 3 rings (SSSR count). The molecule has 1 aliphatic carbocycles. The van der Waals surface area contributed by atoms with E-state index in [0.717, 1.165) is 45.2 Å². The summed E-state index contributed by atoms with van der Waals surface area (Å²) in [6.07, 6.45) is 7.75. The van der Waals surface area contributed by atoms with Gasteiger partial charge in [-0.15, -0.1) is 0 Å². The van der Waals surface area contributed by atoms with Crippen molar-refractivity contribution in [2.75, 3.05) is 13.1 Å². The van der Waals surface area contributed by atoms with Gasteiger partial charge in [-0.1, -0.05) is 67.4 Å². The fraction of sp³-hybridized carbons (Fsp3) is 0.522. The molecule has 0 unspecified atom stereocenters. The van der Waals surface area contributed by atoms with Crippen LogP contribution in [0.5, 0.6) is 0 Å². The van der Waals surface area contributed by atoms with Gasteiger partial charge < -0.3 is 10.6 Å². The van der Waals surface area contributed by atoms with Crippen LogP contribution in [-0.4, -0.2) is 25.0 Å². The highest BCUT2D eigenvalue weighted by atomic mass is 16.1. The number of nitrogens with one attached hydrogen (secondary N) is 2. The highest BCUT2D eigenvalue weighted by Crippen LogP contribution is 2.32. The van der Waals surface area contributed by atoms with Crippen molar-refractivity contribution >= 4 is 5.91 Å². The summed E-state index contributed by atoms with van der Waals surface area (Å²) in [5, 5.41) is 6.57. The van der Waals surface area contributed by atoms with Gasteiger partial charge in [0.25, 0.3) is 0 Å². The second-order valence-corrected chi connectivity index (χ2v) is 7.63. The molecule has 3 heteroatoms. The summed E-state index contributed by atoms with van der Waals surface area (Å²) in [5.74, 6) is 1.10. The molecule has 2 aliphatic rings. The molecule has 0 radical (unpaired) electrons. The Balaban J connectivity index is 1.57. The van der Waals surface area contributed by atoms with Crippen molar-refractivity contribution in [1.29, 1.82) is 0 Å². The summed E-state index contributed by atoms with van der Waals surface area (Å²) in [4.78, 5) is 12.6. The topological polar surface area (TPSA) is 41.1 Å². The highest BCUT2D eigenvalue weighted by Gasteiger charge is 2.25. The van der Waals surface area contributed by atoms with Crippen LogP contribution < -0.4 is 10.6 Å². The van der Waals surface area contributed by atoms with Gasteiger partial charge in [-0.25, -0.2) is 0 Å². The Morgan fingerprint density at radius 2 is 1.46 bits per heavy atom. The number of carbonyl (C=O) groups is 1. The van der Waals surface area contributed by atoms with Gasteiger partial charge in [0.1, 0.15) is 0 Å². The fourth-order valence-corrected chi connectivity index (χ4v) is 4.18. The zero-order chi connectivity index (χ0) is 18.0. The van der Waals surface area contributed by atoms with Crippen LogP contribution in [0.25, 0.3) is 0 Å². The lowest BCUT2D eigenvalue weighted by molar-refractivity contribution is -0.126. The molecule has 1 atom stereocenters. The van der Waals surface area contributed by atoms with Crippen molar-refractivity contribution in [3.05, 3.63) is 60.2 Å². The third-order valence-electron chi connectivity index (χ3n) is 5.70. The molecule has 140 valence electrons. The molecule has 26 heavy (non-hydrogen) atoms. The van der Waals surface area contributed by atoms with Gasteiger partial charge in [-0.3, -0.25) is 4.79 Å². The van der Waals surface area contributed by atoms with Gasteiger partial charge in [0, 0.05) is 18.5 Å². The lowest BCUT2D eigenvalue weighted by Crippen LogP contribution is -2.40. The Hall–Kier alpha value is -1.87. The van der Waals surface area contributed by atoms with Gasteiger partial charge in [0.15, 0.2) is 0 Å².